The van der Waals surface area contributed by atoms with Gasteiger partial charge in [-0.1, -0.05) is 0 Å². The molecule has 6 heteroatoms. The average molecular weight is 226 g/mol. The fourth-order valence-corrected chi connectivity index (χ4v) is 1.26. The SMILES string of the molecule is COCCn1ccnc1NCCNC(C)=O. The number of carbonyl (C=O) groups is 1. The summed E-state index contributed by atoms with van der Waals surface area (Å²) >= 11 is 0. The van der Waals surface area contributed by atoms with Gasteiger partial charge in [-0.3, -0.25) is 4.79 Å². The van der Waals surface area contributed by atoms with Crippen molar-refractivity contribution in [1.29, 1.82) is 0 Å². The van der Waals surface area contributed by atoms with Gasteiger partial charge in [0.2, 0.25) is 11.9 Å². The minimum Gasteiger partial charge on any atom is -0.383 e. The molecule has 0 bridgehead atoms. The molecule has 0 saturated heterocycles. The summed E-state index contributed by atoms with van der Waals surface area (Å²) in [6.07, 6.45) is 3.62. The predicted octanol–water partition coefficient (Wildman–Crippen LogP) is 0.0775. The number of aromatic nitrogens is 2. The number of methoxy groups -OCH3 is 1. The van der Waals surface area contributed by atoms with Gasteiger partial charge in [0, 0.05) is 46.1 Å². The molecule has 90 valence electrons. The van der Waals surface area contributed by atoms with Crippen LogP contribution in [0.5, 0.6) is 0 Å². The number of nitrogens with zero attached hydrogens (tertiary/aromatic N) is 2. The minimum atomic E-state index is -0.0236. The van der Waals surface area contributed by atoms with Crippen molar-refractivity contribution in [2.75, 3.05) is 32.1 Å². The summed E-state index contributed by atoms with van der Waals surface area (Å²) in [5, 5.41) is 5.85. The molecule has 16 heavy (non-hydrogen) atoms. The second-order valence-corrected chi connectivity index (χ2v) is 3.35. The second kappa shape index (κ2) is 6.84. The standard InChI is InChI=1S/C10H18N4O2/c1-9(15)11-3-4-12-10-13-5-6-14(10)7-8-16-2/h5-6H,3-4,7-8H2,1-2H3,(H,11,15)(H,12,13). The zero-order chi connectivity index (χ0) is 11.8. The Morgan fingerprint density at radius 3 is 3.06 bits per heavy atom. The van der Waals surface area contributed by atoms with E-state index in [9.17, 15) is 4.79 Å². The van der Waals surface area contributed by atoms with Crippen LogP contribution in [0.4, 0.5) is 5.95 Å². The topological polar surface area (TPSA) is 68.2 Å². The maximum Gasteiger partial charge on any atom is 0.216 e. The molecule has 1 aromatic heterocycles. The first kappa shape index (κ1) is 12.5. The van der Waals surface area contributed by atoms with E-state index in [-0.39, 0.29) is 5.91 Å². The number of ether oxygens (including phenoxy) is 1. The van der Waals surface area contributed by atoms with E-state index in [0.717, 1.165) is 12.5 Å². The van der Waals surface area contributed by atoms with E-state index in [1.807, 2.05) is 10.8 Å². The summed E-state index contributed by atoms with van der Waals surface area (Å²) in [5.74, 6) is 0.770. The maximum atomic E-state index is 10.6. The van der Waals surface area contributed by atoms with Crippen LogP contribution in [0.2, 0.25) is 0 Å². The van der Waals surface area contributed by atoms with E-state index >= 15 is 0 Å². The van der Waals surface area contributed by atoms with E-state index in [2.05, 4.69) is 15.6 Å². The molecule has 0 aliphatic carbocycles. The molecular formula is C10H18N4O2. The third kappa shape index (κ3) is 4.31. The van der Waals surface area contributed by atoms with Gasteiger partial charge in [-0.25, -0.2) is 4.98 Å². The number of carbonyl (C=O) groups excluding carboxylic acids is 1. The van der Waals surface area contributed by atoms with E-state index in [1.165, 1.54) is 6.92 Å². The lowest BCUT2D eigenvalue weighted by molar-refractivity contribution is -0.118. The van der Waals surface area contributed by atoms with Crippen LogP contribution in [0.1, 0.15) is 6.92 Å². The fourth-order valence-electron chi connectivity index (χ4n) is 1.26. The van der Waals surface area contributed by atoms with Gasteiger partial charge < -0.3 is 19.9 Å². The highest BCUT2D eigenvalue weighted by Gasteiger charge is 2.00. The number of hydrogen-bond acceptors (Lipinski definition) is 4. The molecule has 0 unspecified atom stereocenters. The number of hydrogen-bond donors (Lipinski definition) is 2. The Kier molecular flexibility index (Phi) is 5.35. The van der Waals surface area contributed by atoms with Crippen LogP contribution < -0.4 is 10.6 Å². The summed E-state index contributed by atoms with van der Waals surface area (Å²) in [7, 11) is 1.67. The minimum absolute atomic E-state index is 0.0236. The van der Waals surface area contributed by atoms with Gasteiger partial charge >= 0.3 is 0 Å². The lowest BCUT2D eigenvalue weighted by Gasteiger charge is -2.09. The number of imidazole rings is 1. The highest BCUT2D eigenvalue weighted by molar-refractivity contribution is 5.72. The molecule has 2 N–H and O–H groups in total. The largest absolute Gasteiger partial charge is 0.383 e. The molecule has 1 aromatic rings. The van der Waals surface area contributed by atoms with Crippen molar-refractivity contribution < 1.29 is 9.53 Å². The lowest BCUT2D eigenvalue weighted by Crippen LogP contribution is -2.27. The molecule has 0 aromatic carbocycles. The highest BCUT2D eigenvalue weighted by Crippen LogP contribution is 2.02. The molecule has 1 amide bonds. The zero-order valence-corrected chi connectivity index (χ0v) is 9.69. The summed E-state index contributed by atoms with van der Waals surface area (Å²) in [5.41, 5.74) is 0. The summed E-state index contributed by atoms with van der Waals surface area (Å²) in [6.45, 7) is 4.16. The molecule has 1 heterocycles. The Bertz CT molecular complexity index is 324. The smallest absolute Gasteiger partial charge is 0.216 e. The van der Waals surface area contributed by atoms with E-state index in [0.29, 0.717) is 19.7 Å². The maximum absolute atomic E-state index is 10.6. The van der Waals surface area contributed by atoms with Gasteiger partial charge in [-0.15, -0.1) is 0 Å². The Balaban J connectivity index is 2.29. The van der Waals surface area contributed by atoms with Gasteiger partial charge in [0.05, 0.1) is 6.61 Å². The normalized spacial score (nSPS) is 10.1. The number of amides is 1. The number of nitrogens with one attached hydrogen (secondary N) is 2. The fraction of sp³-hybridized carbons (Fsp3) is 0.600. The van der Waals surface area contributed by atoms with E-state index in [4.69, 9.17) is 4.74 Å². The van der Waals surface area contributed by atoms with Crippen molar-refractivity contribution in [3.63, 3.8) is 0 Å². The molecule has 6 nitrogen and oxygen atoms in total. The van der Waals surface area contributed by atoms with Crippen molar-refractivity contribution in [3.05, 3.63) is 12.4 Å². The molecular weight excluding hydrogens is 208 g/mol. The molecule has 0 atom stereocenters. The lowest BCUT2D eigenvalue weighted by atomic mass is 10.5. The van der Waals surface area contributed by atoms with Crippen molar-refractivity contribution in [2.24, 2.45) is 0 Å². The number of anilines is 1. The summed E-state index contributed by atoms with van der Waals surface area (Å²) < 4.78 is 6.96. The first-order chi connectivity index (χ1) is 7.74. The van der Waals surface area contributed by atoms with Crippen molar-refractivity contribution >= 4 is 11.9 Å². The van der Waals surface area contributed by atoms with Crippen molar-refractivity contribution in [1.82, 2.24) is 14.9 Å². The molecule has 0 aliphatic rings. The Morgan fingerprint density at radius 1 is 1.56 bits per heavy atom. The van der Waals surface area contributed by atoms with Crippen molar-refractivity contribution in [2.45, 2.75) is 13.5 Å². The molecule has 0 radical (unpaired) electrons. The van der Waals surface area contributed by atoms with Crippen LogP contribution >= 0.6 is 0 Å². The Labute approximate surface area is 95.0 Å². The monoisotopic (exact) mass is 226 g/mol. The third-order valence-electron chi connectivity index (χ3n) is 2.03. The highest BCUT2D eigenvalue weighted by atomic mass is 16.5. The van der Waals surface area contributed by atoms with Crippen LogP contribution in [0.15, 0.2) is 12.4 Å². The van der Waals surface area contributed by atoms with Crippen LogP contribution in [0, 0.1) is 0 Å². The van der Waals surface area contributed by atoms with Crippen LogP contribution in [0.25, 0.3) is 0 Å². The van der Waals surface area contributed by atoms with Gasteiger partial charge in [0.15, 0.2) is 0 Å². The first-order valence-electron chi connectivity index (χ1n) is 5.22. The average Bonchev–Trinajstić information content (AvgIpc) is 2.69. The predicted molar refractivity (Wildman–Crippen MR) is 61.3 cm³/mol. The summed E-state index contributed by atoms with van der Waals surface area (Å²) in [4.78, 5) is 14.8. The van der Waals surface area contributed by atoms with Gasteiger partial charge in [0.25, 0.3) is 0 Å². The quantitative estimate of drug-likeness (QED) is 0.646. The number of rotatable bonds is 7. The Morgan fingerprint density at radius 2 is 2.38 bits per heavy atom. The van der Waals surface area contributed by atoms with E-state index < -0.39 is 0 Å². The molecule has 0 fully saturated rings. The summed E-state index contributed by atoms with van der Waals surface area (Å²) in [6, 6.07) is 0. The van der Waals surface area contributed by atoms with Gasteiger partial charge in [-0.05, 0) is 0 Å². The van der Waals surface area contributed by atoms with Crippen molar-refractivity contribution in [3.8, 4) is 0 Å². The van der Waals surface area contributed by atoms with Crippen LogP contribution in [-0.2, 0) is 16.1 Å². The van der Waals surface area contributed by atoms with Crippen LogP contribution in [0.3, 0.4) is 0 Å². The van der Waals surface area contributed by atoms with E-state index in [1.54, 1.807) is 13.3 Å². The zero-order valence-electron chi connectivity index (χ0n) is 9.69. The third-order valence-corrected chi connectivity index (χ3v) is 2.03. The second-order valence-electron chi connectivity index (χ2n) is 3.35. The van der Waals surface area contributed by atoms with Gasteiger partial charge in [0.1, 0.15) is 0 Å². The molecule has 0 spiro atoms. The Hall–Kier alpha value is -1.56. The molecule has 1 rings (SSSR count). The first-order valence-corrected chi connectivity index (χ1v) is 5.22. The van der Waals surface area contributed by atoms with Gasteiger partial charge in [-0.2, -0.15) is 0 Å². The molecule has 0 aliphatic heterocycles. The molecule has 0 saturated carbocycles. The van der Waals surface area contributed by atoms with Crippen LogP contribution in [-0.4, -0.2) is 42.3 Å².